The van der Waals surface area contributed by atoms with E-state index in [1.807, 2.05) is 17.0 Å². The molecule has 2 aliphatic heterocycles. The molecule has 2 aromatic rings. The molecule has 2 N–H and O–H groups in total. The number of anilines is 3. The second kappa shape index (κ2) is 6.75. The first-order chi connectivity index (χ1) is 13.0. The van der Waals surface area contributed by atoms with Crippen LogP contribution < -0.4 is 20.3 Å². The second-order valence-corrected chi connectivity index (χ2v) is 6.58. The van der Waals surface area contributed by atoms with Crippen LogP contribution in [0.15, 0.2) is 36.4 Å². The van der Waals surface area contributed by atoms with Crippen LogP contribution in [0.25, 0.3) is 0 Å². The van der Waals surface area contributed by atoms with Crippen molar-refractivity contribution in [1.29, 1.82) is 0 Å². The molecule has 0 atom stereocenters. The zero-order chi connectivity index (χ0) is 19.0. The van der Waals surface area contributed by atoms with Gasteiger partial charge < -0.3 is 20.3 Å². The number of benzene rings is 2. The Labute approximate surface area is 156 Å². The summed E-state index contributed by atoms with van der Waals surface area (Å²) in [5, 5.41) is 5.22. The van der Waals surface area contributed by atoms with Gasteiger partial charge in [-0.2, -0.15) is 0 Å². The van der Waals surface area contributed by atoms with Gasteiger partial charge in [-0.05, 0) is 48.2 Å². The van der Waals surface area contributed by atoms with E-state index in [9.17, 15) is 14.4 Å². The maximum absolute atomic E-state index is 12.3. The minimum absolute atomic E-state index is 0.149. The van der Waals surface area contributed by atoms with Crippen LogP contribution in [0.3, 0.4) is 0 Å². The summed E-state index contributed by atoms with van der Waals surface area (Å²) in [4.78, 5) is 38.3. The number of ether oxygens (including phenoxy) is 1. The highest BCUT2D eigenvalue weighted by Gasteiger charge is 2.31. The van der Waals surface area contributed by atoms with Crippen LogP contribution in [0.1, 0.15) is 17.5 Å². The van der Waals surface area contributed by atoms with Crippen molar-refractivity contribution in [1.82, 2.24) is 0 Å². The van der Waals surface area contributed by atoms with Crippen molar-refractivity contribution in [3.05, 3.63) is 47.5 Å². The molecule has 0 fully saturated rings. The predicted octanol–water partition coefficient (Wildman–Crippen LogP) is 2.11. The van der Waals surface area contributed by atoms with Crippen LogP contribution in [0.4, 0.5) is 17.1 Å². The van der Waals surface area contributed by atoms with Gasteiger partial charge >= 0.3 is 11.8 Å². The minimum atomic E-state index is -0.755. The van der Waals surface area contributed by atoms with Crippen LogP contribution in [-0.4, -0.2) is 31.4 Å². The van der Waals surface area contributed by atoms with Crippen molar-refractivity contribution in [3.8, 4) is 5.75 Å². The SMILES string of the molecule is COc1cccc(NC(=O)C(=O)Nc2cc3c4c(c2)CCN4C(=O)CC3)c1. The molecule has 0 aromatic heterocycles. The number of nitrogens with zero attached hydrogens (tertiary/aromatic N) is 1. The van der Waals surface area contributed by atoms with Crippen LogP contribution in [0.5, 0.6) is 5.75 Å². The van der Waals surface area contributed by atoms with Gasteiger partial charge in [-0.25, -0.2) is 0 Å². The average molecular weight is 365 g/mol. The van der Waals surface area contributed by atoms with Gasteiger partial charge in [0.25, 0.3) is 0 Å². The molecule has 7 nitrogen and oxygen atoms in total. The highest BCUT2D eigenvalue weighted by Crippen LogP contribution is 2.38. The number of aryl methyl sites for hydroxylation is 1. The van der Waals surface area contributed by atoms with Crippen molar-refractivity contribution >= 4 is 34.8 Å². The Kier molecular flexibility index (Phi) is 4.27. The van der Waals surface area contributed by atoms with E-state index >= 15 is 0 Å². The van der Waals surface area contributed by atoms with Crippen molar-refractivity contribution in [2.45, 2.75) is 19.3 Å². The van der Waals surface area contributed by atoms with Crippen molar-refractivity contribution in [2.24, 2.45) is 0 Å². The first-order valence-corrected chi connectivity index (χ1v) is 8.77. The number of carbonyl (C=O) groups excluding carboxylic acids is 3. The van der Waals surface area contributed by atoms with E-state index in [2.05, 4.69) is 10.6 Å². The van der Waals surface area contributed by atoms with Gasteiger partial charge in [0.1, 0.15) is 5.75 Å². The fraction of sp³-hybridized carbons (Fsp3) is 0.250. The molecule has 0 aliphatic carbocycles. The summed E-state index contributed by atoms with van der Waals surface area (Å²) >= 11 is 0. The van der Waals surface area contributed by atoms with Gasteiger partial charge in [0.15, 0.2) is 0 Å². The van der Waals surface area contributed by atoms with E-state index in [1.54, 1.807) is 24.3 Å². The normalized spacial score (nSPS) is 14.6. The number of hydrogen-bond acceptors (Lipinski definition) is 4. The number of carbonyl (C=O) groups is 3. The molecule has 3 amide bonds. The molecule has 2 aromatic carbocycles. The van der Waals surface area contributed by atoms with Gasteiger partial charge in [-0.15, -0.1) is 0 Å². The molecule has 27 heavy (non-hydrogen) atoms. The third-order valence-electron chi connectivity index (χ3n) is 4.84. The molecule has 0 radical (unpaired) electrons. The van der Waals surface area contributed by atoms with Crippen molar-refractivity contribution in [3.63, 3.8) is 0 Å². The summed E-state index contributed by atoms with van der Waals surface area (Å²) in [7, 11) is 1.53. The second-order valence-electron chi connectivity index (χ2n) is 6.58. The molecule has 0 bridgehead atoms. The number of nitrogens with one attached hydrogen (secondary N) is 2. The van der Waals surface area contributed by atoms with E-state index in [0.717, 1.165) is 23.2 Å². The molecule has 7 heteroatoms. The smallest absolute Gasteiger partial charge is 0.314 e. The highest BCUT2D eigenvalue weighted by atomic mass is 16.5. The number of hydrogen-bond donors (Lipinski definition) is 2. The molecule has 2 aliphatic rings. The third-order valence-corrected chi connectivity index (χ3v) is 4.84. The van der Waals surface area contributed by atoms with Crippen molar-refractivity contribution < 1.29 is 19.1 Å². The minimum Gasteiger partial charge on any atom is -0.497 e. The zero-order valence-electron chi connectivity index (χ0n) is 14.9. The number of amides is 3. The molecule has 4 rings (SSSR count). The standard InChI is InChI=1S/C20H19N3O4/c1-27-16-4-2-3-14(11-16)21-19(25)20(26)22-15-9-12-5-6-17(24)23-8-7-13(10-15)18(12)23/h2-4,9-11H,5-8H2,1H3,(H,21,25)(H,22,26). The molecule has 0 saturated carbocycles. The lowest BCUT2D eigenvalue weighted by atomic mass is 9.98. The summed E-state index contributed by atoms with van der Waals surface area (Å²) in [5.74, 6) is -0.762. The van der Waals surface area contributed by atoms with Gasteiger partial charge in [0, 0.05) is 30.4 Å². The Bertz CT molecular complexity index is 954. The maximum Gasteiger partial charge on any atom is 0.314 e. The summed E-state index contributed by atoms with van der Waals surface area (Å²) < 4.78 is 5.10. The molecule has 2 heterocycles. The monoisotopic (exact) mass is 365 g/mol. The Morgan fingerprint density at radius 1 is 0.963 bits per heavy atom. The fourth-order valence-electron chi connectivity index (χ4n) is 3.61. The Morgan fingerprint density at radius 3 is 2.41 bits per heavy atom. The number of methoxy groups -OCH3 is 1. The molecular formula is C20H19N3O4. The Hall–Kier alpha value is -3.35. The van der Waals surface area contributed by atoms with Crippen LogP contribution in [-0.2, 0) is 27.2 Å². The number of rotatable bonds is 3. The molecule has 0 spiro atoms. The average Bonchev–Trinajstić information content (AvgIpc) is 3.10. The largest absolute Gasteiger partial charge is 0.497 e. The summed E-state index contributed by atoms with van der Waals surface area (Å²) in [6.45, 7) is 0.675. The first-order valence-electron chi connectivity index (χ1n) is 8.77. The topological polar surface area (TPSA) is 87.7 Å². The van der Waals surface area contributed by atoms with Gasteiger partial charge in [0.2, 0.25) is 5.91 Å². The lowest BCUT2D eigenvalue weighted by molar-refractivity contribution is -0.133. The lowest BCUT2D eigenvalue weighted by Gasteiger charge is -2.25. The summed E-state index contributed by atoms with van der Waals surface area (Å²) in [5.41, 5.74) is 4.10. The lowest BCUT2D eigenvalue weighted by Crippen LogP contribution is -2.33. The van der Waals surface area contributed by atoms with Crippen LogP contribution >= 0.6 is 0 Å². The van der Waals surface area contributed by atoms with E-state index in [0.29, 0.717) is 36.5 Å². The highest BCUT2D eigenvalue weighted by molar-refractivity contribution is 6.43. The molecule has 138 valence electrons. The molecule has 0 unspecified atom stereocenters. The Morgan fingerprint density at radius 2 is 1.67 bits per heavy atom. The predicted molar refractivity (Wildman–Crippen MR) is 101 cm³/mol. The quantitative estimate of drug-likeness (QED) is 0.816. The van der Waals surface area contributed by atoms with E-state index in [4.69, 9.17) is 4.74 Å². The fourth-order valence-corrected chi connectivity index (χ4v) is 3.61. The molecule has 0 saturated heterocycles. The zero-order valence-corrected chi connectivity index (χ0v) is 14.9. The van der Waals surface area contributed by atoms with Gasteiger partial charge in [-0.1, -0.05) is 6.07 Å². The van der Waals surface area contributed by atoms with Gasteiger partial charge in [-0.3, -0.25) is 14.4 Å². The van der Waals surface area contributed by atoms with Gasteiger partial charge in [0.05, 0.1) is 12.8 Å². The maximum atomic E-state index is 12.3. The van der Waals surface area contributed by atoms with Crippen molar-refractivity contribution in [2.75, 3.05) is 29.2 Å². The Balaban J connectivity index is 1.48. The molecular weight excluding hydrogens is 346 g/mol. The van der Waals surface area contributed by atoms with Crippen LogP contribution in [0.2, 0.25) is 0 Å². The van der Waals surface area contributed by atoms with E-state index < -0.39 is 11.8 Å². The first kappa shape index (κ1) is 17.1. The van der Waals surface area contributed by atoms with Crippen LogP contribution in [0, 0.1) is 0 Å². The van der Waals surface area contributed by atoms with E-state index in [-0.39, 0.29) is 5.91 Å². The summed E-state index contributed by atoms with van der Waals surface area (Å²) in [6.07, 6.45) is 1.88. The third kappa shape index (κ3) is 3.23. The summed E-state index contributed by atoms with van der Waals surface area (Å²) in [6, 6.07) is 10.5. The van der Waals surface area contributed by atoms with E-state index in [1.165, 1.54) is 7.11 Å².